The maximum absolute atomic E-state index is 12.1. The zero-order valence-electron chi connectivity index (χ0n) is 14.9. The van der Waals surface area contributed by atoms with E-state index in [1.165, 1.54) is 18.2 Å². The molecule has 2 rings (SSSR count). The van der Waals surface area contributed by atoms with Crippen LogP contribution in [0.5, 0.6) is 5.75 Å². The summed E-state index contributed by atoms with van der Waals surface area (Å²) >= 11 is 0. The number of benzene rings is 2. The zero-order chi connectivity index (χ0) is 19.2. The molecule has 0 atom stereocenters. The number of rotatable bonds is 7. The molecule has 0 aromatic heterocycles. The Kier molecular flexibility index (Phi) is 6.54. The van der Waals surface area contributed by atoms with Crippen molar-refractivity contribution in [2.75, 3.05) is 12.4 Å². The van der Waals surface area contributed by atoms with Gasteiger partial charge in [-0.25, -0.2) is 13.1 Å². The lowest BCUT2D eigenvalue weighted by molar-refractivity contribution is -0.111. The highest BCUT2D eigenvalue weighted by molar-refractivity contribution is 7.89. The molecule has 0 aliphatic carbocycles. The first-order valence-electron chi connectivity index (χ1n) is 8.05. The normalized spacial score (nSPS) is 11.7. The molecule has 2 aromatic carbocycles. The predicted octanol–water partition coefficient (Wildman–Crippen LogP) is 3.03. The maximum atomic E-state index is 12.1. The predicted molar refractivity (Wildman–Crippen MR) is 103 cm³/mol. The molecule has 0 spiro atoms. The smallest absolute Gasteiger partial charge is 0.248 e. The average Bonchev–Trinajstić information content (AvgIpc) is 2.59. The Balaban J connectivity index is 2.02. The topological polar surface area (TPSA) is 84.5 Å². The van der Waals surface area contributed by atoms with Gasteiger partial charge in [-0.3, -0.25) is 4.79 Å². The number of hydrogen-bond acceptors (Lipinski definition) is 4. The minimum absolute atomic E-state index is 0.149. The van der Waals surface area contributed by atoms with Gasteiger partial charge in [-0.05, 0) is 61.9 Å². The highest BCUT2D eigenvalue weighted by atomic mass is 32.2. The molecule has 0 aliphatic heterocycles. The number of ether oxygens (including phenoxy) is 1. The van der Waals surface area contributed by atoms with Gasteiger partial charge in [0.2, 0.25) is 15.9 Å². The molecule has 2 aromatic rings. The summed E-state index contributed by atoms with van der Waals surface area (Å²) in [5.41, 5.74) is 1.34. The average molecular weight is 374 g/mol. The minimum atomic E-state index is -3.55. The first kappa shape index (κ1) is 19.7. The summed E-state index contributed by atoms with van der Waals surface area (Å²) in [4.78, 5) is 12.2. The second-order valence-electron chi connectivity index (χ2n) is 5.90. The standard InChI is InChI=1S/C19H22N2O4S/c1-14(2)21-26(23,24)18-10-8-16(9-11-18)20-19(22)12-7-15-5-4-6-17(13-15)25-3/h4-14,21H,1-3H3,(H,20,22)/b12-7+. The number of amides is 1. The second kappa shape index (κ2) is 8.64. The van der Waals surface area contributed by atoms with Crippen molar-refractivity contribution in [3.8, 4) is 5.75 Å². The van der Waals surface area contributed by atoms with Crippen LogP contribution >= 0.6 is 0 Å². The van der Waals surface area contributed by atoms with Crippen LogP contribution in [0.25, 0.3) is 6.08 Å². The van der Waals surface area contributed by atoms with Crippen LogP contribution in [-0.4, -0.2) is 27.5 Å². The molecule has 0 unspecified atom stereocenters. The first-order valence-corrected chi connectivity index (χ1v) is 9.54. The summed E-state index contributed by atoms with van der Waals surface area (Å²) in [5.74, 6) is 0.392. The number of hydrogen-bond donors (Lipinski definition) is 2. The lowest BCUT2D eigenvalue weighted by Crippen LogP contribution is -2.30. The Morgan fingerprint density at radius 3 is 2.42 bits per heavy atom. The summed E-state index contributed by atoms with van der Waals surface area (Å²) in [6.07, 6.45) is 3.07. The third-order valence-corrected chi connectivity index (χ3v) is 5.02. The second-order valence-corrected chi connectivity index (χ2v) is 7.61. The molecule has 2 N–H and O–H groups in total. The quantitative estimate of drug-likeness (QED) is 0.730. The van der Waals surface area contributed by atoms with Crippen LogP contribution in [0.15, 0.2) is 59.5 Å². The lowest BCUT2D eigenvalue weighted by Gasteiger charge is -2.10. The van der Waals surface area contributed by atoms with Crippen molar-refractivity contribution in [1.29, 1.82) is 0 Å². The van der Waals surface area contributed by atoms with Gasteiger partial charge in [0.1, 0.15) is 5.75 Å². The Morgan fingerprint density at radius 1 is 1.12 bits per heavy atom. The summed E-state index contributed by atoms with van der Waals surface area (Å²) in [5, 5.41) is 2.69. The fourth-order valence-electron chi connectivity index (χ4n) is 2.20. The largest absolute Gasteiger partial charge is 0.497 e. The Bertz CT molecular complexity index is 888. The van der Waals surface area contributed by atoms with E-state index in [1.807, 2.05) is 24.3 Å². The highest BCUT2D eigenvalue weighted by Crippen LogP contribution is 2.16. The maximum Gasteiger partial charge on any atom is 0.248 e. The van der Waals surface area contributed by atoms with E-state index >= 15 is 0 Å². The molecule has 138 valence electrons. The van der Waals surface area contributed by atoms with E-state index in [9.17, 15) is 13.2 Å². The fourth-order valence-corrected chi connectivity index (χ4v) is 3.45. The molecule has 0 fully saturated rings. The Morgan fingerprint density at radius 2 is 1.81 bits per heavy atom. The lowest BCUT2D eigenvalue weighted by atomic mass is 10.2. The summed E-state index contributed by atoms with van der Waals surface area (Å²) in [7, 11) is -1.97. The van der Waals surface area contributed by atoms with Crippen molar-refractivity contribution in [3.05, 3.63) is 60.2 Å². The minimum Gasteiger partial charge on any atom is -0.497 e. The van der Waals surface area contributed by atoms with Gasteiger partial charge >= 0.3 is 0 Å². The van der Waals surface area contributed by atoms with Gasteiger partial charge < -0.3 is 10.1 Å². The Labute approximate surface area is 153 Å². The van der Waals surface area contributed by atoms with Gasteiger partial charge in [-0.15, -0.1) is 0 Å². The van der Waals surface area contributed by atoms with E-state index in [2.05, 4.69) is 10.0 Å². The summed E-state index contributed by atoms with van der Waals surface area (Å²) in [6.45, 7) is 3.50. The van der Waals surface area contributed by atoms with E-state index in [0.717, 1.165) is 5.56 Å². The molecule has 0 saturated carbocycles. The van der Waals surface area contributed by atoms with Gasteiger partial charge in [-0.2, -0.15) is 0 Å². The van der Waals surface area contributed by atoms with Crippen LogP contribution in [0.2, 0.25) is 0 Å². The molecule has 0 bridgehead atoms. The number of anilines is 1. The number of methoxy groups -OCH3 is 1. The van der Waals surface area contributed by atoms with Crippen molar-refractivity contribution in [1.82, 2.24) is 4.72 Å². The third kappa shape index (κ3) is 5.72. The molecule has 0 aliphatic rings. The number of carbonyl (C=O) groups is 1. The van der Waals surface area contributed by atoms with Crippen molar-refractivity contribution >= 4 is 27.7 Å². The van der Waals surface area contributed by atoms with Crippen LogP contribution in [0.4, 0.5) is 5.69 Å². The molecule has 0 heterocycles. The van der Waals surface area contributed by atoms with Gasteiger partial charge in [0, 0.05) is 17.8 Å². The van der Waals surface area contributed by atoms with Gasteiger partial charge in [0.25, 0.3) is 0 Å². The van der Waals surface area contributed by atoms with Crippen molar-refractivity contribution < 1.29 is 17.9 Å². The van der Waals surface area contributed by atoms with Crippen LogP contribution in [0.3, 0.4) is 0 Å². The van der Waals surface area contributed by atoms with E-state index in [1.54, 1.807) is 39.2 Å². The SMILES string of the molecule is COc1cccc(/C=C/C(=O)Nc2ccc(S(=O)(=O)NC(C)C)cc2)c1. The first-order chi connectivity index (χ1) is 12.3. The van der Waals surface area contributed by atoms with Crippen molar-refractivity contribution in [2.24, 2.45) is 0 Å². The highest BCUT2D eigenvalue weighted by Gasteiger charge is 2.14. The molecule has 7 heteroatoms. The van der Waals surface area contributed by atoms with Gasteiger partial charge in [0.05, 0.1) is 12.0 Å². The van der Waals surface area contributed by atoms with E-state index in [0.29, 0.717) is 11.4 Å². The monoisotopic (exact) mass is 374 g/mol. The van der Waals surface area contributed by atoms with E-state index < -0.39 is 10.0 Å². The summed E-state index contributed by atoms with van der Waals surface area (Å²) in [6, 6.07) is 13.1. The molecule has 6 nitrogen and oxygen atoms in total. The van der Waals surface area contributed by atoms with Crippen LogP contribution < -0.4 is 14.8 Å². The number of nitrogens with one attached hydrogen (secondary N) is 2. The van der Waals surface area contributed by atoms with Crippen LogP contribution in [-0.2, 0) is 14.8 Å². The molecule has 26 heavy (non-hydrogen) atoms. The molecular formula is C19H22N2O4S. The van der Waals surface area contributed by atoms with Crippen LogP contribution in [0, 0.1) is 0 Å². The molecule has 0 saturated heterocycles. The van der Waals surface area contributed by atoms with Crippen molar-refractivity contribution in [3.63, 3.8) is 0 Å². The molecule has 0 radical (unpaired) electrons. The number of carbonyl (C=O) groups excluding carboxylic acids is 1. The van der Waals surface area contributed by atoms with E-state index in [-0.39, 0.29) is 16.8 Å². The molecule has 1 amide bonds. The van der Waals surface area contributed by atoms with Crippen molar-refractivity contribution in [2.45, 2.75) is 24.8 Å². The van der Waals surface area contributed by atoms with E-state index in [4.69, 9.17) is 4.74 Å². The zero-order valence-corrected chi connectivity index (χ0v) is 15.7. The third-order valence-electron chi connectivity index (χ3n) is 3.34. The Hall–Kier alpha value is -2.64. The summed E-state index contributed by atoms with van der Waals surface area (Å²) < 4.78 is 31.8. The number of sulfonamides is 1. The molecular weight excluding hydrogens is 352 g/mol. The fraction of sp³-hybridized carbons (Fsp3) is 0.211. The van der Waals surface area contributed by atoms with Crippen LogP contribution in [0.1, 0.15) is 19.4 Å². The van der Waals surface area contributed by atoms with Gasteiger partial charge in [-0.1, -0.05) is 12.1 Å². The van der Waals surface area contributed by atoms with Gasteiger partial charge in [0.15, 0.2) is 0 Å².